The number of hydrogen-bond donors (Lipinski definition) is 2. The zero-order valence-electron chi connectivity index (χ0n) is 6.70. The largest absolute Gasteiger partial charge is 0.324 e. The van der Waals surface area contributed by atoms with Gasteiger partial charge in [0, 0.05) is 11.8 Å². The Kier molecular flexibility index (Phi) is 2.40. The molecule has 0 aliphatic rings. The monoisotopic (exact) mass is 166 g/mol. The number of aromatic amines is 1. The Morgan fingerprint density at radius 1 is 1.58 bits per heavy atom. The van der Waals surface area contributed by atoms with Gasteiger partial charge < -0.3 is 10.7 Å². The number of pyridine rings is 1. The van der Waals surface area contributed by atoms with Gasteiger partial charge in [0.1, 0.15) is 6.04 Å². The predicted octanol–water partition coefficient (Wildman–Crippen LogP) is -0.0363. The lowest BCUT2D eigenvalue weighted by molar-refractivity contribution is -0.118. The molecule has 1 aromatic heterocycles. The molecule has 0 aliphatic carbocycles. The van der Waals surface area contributed by atoms with E-state index in [0.717, 1.165) is 0 Å². The van der Waals surface area contributed by atoms with Gasteiger partial charge in [-0.25, -0.2) is 0 Å². The van der Waals surface area contributed by atoms with E-state index in [1.165, 1.54) is 13.0 Å². The maximum atomic E-state index is 10.8. The fourth-order valence-corrected chi connectivity index (χ4v) is 0.865. The molecule has 4 heteroatoms. The minimum absolute atomic E-state index is 0.170. The molecule has 0 amide bonds. The minimum Gasteiger partial charge on any atom is -0.324 e. The number of aromatic nitrogens is 1. The first-order valence-electron chi connectivity index (χ1n) is 3.56. The quantitative estimate of drug-likeness (QED) is 0.647. The van der Waals surface area contributed by atoms with Crippen molar-refractivity contribution in [3.8, 4) is 0 Å². The van der Waals surface area contributed by atoms with Crippen LogP contribution in [0.25, 0.3) is 0 Å². The second kappa shape index (κ2) is 3.32. The van der Waals surface area contributed by atoms with E-state index in [1.54, 1.807) is 12.1 Å². The number of ketones is 1. The third-order valence-electron chi connectivity index (χ3n) is 1.56. The first-order chi connectivity index (χ1) is 5.61. The standard InChI is InChI=1S/C8H10N2O2/c1-5(11)8(9)6-3-2-4-7(12)10-6/h2-4,8H,9H2,1H3,(H,10,12). The van der Waals surface area contributed by atoms with Gasteiger partial charge in [0.15, 0.2) is 5.78 Å². The molecule has 0 fully saturated rings. The Hall–Kier alpha value is -1.42. The topological polar surface area (TPSA) is 76.0 Å². The van der Waals surface area contributed by atoms with Crippen molar-refractivity contribution in [2.45, 2.75) is 13.0 Å². The lowest BCUT2D eigenvalue weighted by atomic mass is 10.1. The molecular formula is C8H10N2O2. The summed E-state index contributed by atoms with van der Waals surface area (Å²) in [6.07, 6.45) is 0. The summed E-state index contributed by atoms with van der Waals surface area (Å²) < 4.78 is 0. The lowest BCUT2D eigenvalue weighted by Gasteiger charge is -2.05. The minimum atomic E-state index is -0.723. The van der Waals surface area contributed by atoms with Crippen LogP contribution in [-0.4, -0.2) is 10.8 Å². The molecule has 1 rings (SSSR count). The van der Waals surface area contributed by atoms with Crippen molar-refractivity contribution in [1.29, 1.82) is 0 Å². The van der Waals surface area contributed by atoms with Crippen molar-refractivity contribution in [1.82, 2.24) is 4.98 Å². The van der Waals surface area contributed by atoms with Crippen LogP contribution in [0, 0.1) is 0 Å². The van der Waals surface area contributed by atoms with Gasteiger partial charge in [-0.05, 0) is 13.0 Å². The lowest BCUT2D eigenvalue weighted by Crippen LogP contribution is -2.22. The molecule has 64 valence electrons. The van der Waals surface area contributed by atoms with Crippen molar-refractivity contribution >= 4 is 5.78 Å². The van der Waals surface area contributed by atoms with Gasteiger partial charge in [0.2, 0.25) is 5.56 Å². The number of H-pyrrole nitrogens is 1. The molecular weight excluding hydrogens is 156 g/mol. The summed E-state index contributed by atoms with van der Waals surface area (Å²) in [6.45, 7) is 1.38. The molecule has 0 aliphatic heterocycles. The Bertz CT molecular complexity index is 343. The van der Waals surface area contributed by atoms with Gasteiger partial charge in [0.05, 0.1) is 0 Å². The highest BCUT2D eigenvalue weighted by Gasteiger charge is 2.10. The van der Waals surface area contributed by atoms with E-state index in [-0.39, 0.29) is 11.3 Å². The predicted molar refractivity (Wildman–Crippen MR) is 44.7 cm³/mol. The van der Waals surface area contributed by atoms with E-state index in [1.807, 2.05) is 0 Å². The number of hydrogen-bond acceptors (Lipinski definition) is 3. The smallest absolute Gasteiger partial charge is 0.248 e. The maximum absolute atomic E-state index is 10.8. The molecule has 0 aromatic carbocycles. The van der Waals surface area contributed by atoms with Gasteiger partial charge >= 0.3 is 0 Å². The molecule has 12 heavy (non-hydrogen) atoms. The molecule has 0 saturated carbocycles. The summed E-state index contributed by atoms with van der Waals surface area (Å²) >= 11 is 0. The summed E-state index contributed by atoms with van der Waals surface area (Å²) in [5.74, 6) is -0.170. The van der Waals surface area contributed by atoms with Crippen molar-refractivity contribution in [3.05, 3.63) is 34.2 Å². The highest BCUT2D eigenvalue weighted by molar-refractivity contribution is 5.82. The van der Waals surface area contributed by atoms with Crippen LogP contribution in [0.5, 0.6) is 0 Å². The van der Waals surface area contributed by atoms with Crippen LogP contribution >= 0.6 is 0 Å². The van der Waals surface area contributed by atoms with Gasteiger partial charge in [0.25, 0.3) is 0 Å². The Labute approximate surface area is 69.4 Å². The molecule has 1 aromatic rings. The van der Waals surface area contributed by atoms with Crippen LogP contribution in [0.2, 0.25) is 0 Å². The summed E-state index contributed by atoms with van der Waals surface area (Å²) in [5, 5.41) is 0. The fraction of sp³-hybridized carbons (Fsp3) is 0.250. The highest BCUT2D eigenvalue weighted by Crippen LogP contribution is 2.04. The summed E-state index contributed by atoms with van der Waals surface area (Å²) in [7, 11) is 0. The van der Waals surface area contributed by atoms with Crippen LogP contribution in [-0.2, 0) is 4.79 Å². The number of carbonyl (C=O) groups excluding carboxylic acids is 1. The number of Topliss-reactive ketones (excluding diaryl/α,β-unsaturated/α-hetero) is 1. The number of nitrogens with two attached hydrogens (primary N) is 1. The molecule has 0 bridgehead atoms. The number of nitrogens with one attached hydrogen (secondary N) is 1. The highest BCUT2D eigenvalue weighted by atomic mass is 16.1. The molecule has 0 radical (unpaired) electrons. The molecule has 0 spiro atoms. The van der Waals surface area contributed by atoms with Crippen molar-refractivity contribution in [3.63, 3.8) is 0 Å². The normalized spacial score (nSPS) is 12.5. The molecule has 0 saturated heterocycles. The van der Waals surface area contributed by atoms with E-state index in [2.05, 4.69) is 4.98 Å². The summed E-state index contributed by atoms with van der Waals surface area (Å²) in [6, 6.07) is 3.83. The van der Waals surface area contributed by atoms with Crippen LogP contribution in [0.1, 0.15) is 18.7 Å². The zero-order valence-corrected chi connectivity index (χ0v) is 6.70. The third-order valence-corrected chi connectivity index (χ3v) is 1.56. The molecule has 1 unspecified atom stereocenters. The average Bonchev–Trinajstić information content (AvgIpc) is 2.03. The van der Waals surface area contributed by atoms with Gasteiger partial charge in [-0.1, -0.05) is 6.07 Å². The number of carbonyl (C=O) groups is 1. The van der Waals surface area contributed by atoms with E-state index in [4.69, 9.17) is 5.73 Å². The van der Waals surface area contributed by atoms with E-state index in [9.17, 15) is 9.59 Å². The van der Waals surface area contributed by atoms with Crippen LogP contribution in [0.3, 0.4) is 0 Å². The van der Waals surface area contributed by atoms with Crippen LogP contribution in [0.15, 0.2) is 23.0 Å². The summed E-state index contributed by atoms with van der Waals surface area (Å²) in [5.41, 5.74) is 5.69. The Morgan fingerprint density at radius 3 is 2.75 bits per heavy atom. The first kappa shape index (κ1) is 8.67. The number of rotatable bonds is 2. The van der Waals surface area contributed by atoms with Crippen molar-refractivity contribution < 1.29 is 4.79 Å². The zero-order chi connectivity index (χ0) is 9.14. The van der Waals surface area contributed by atoms with Crippen LogP contribution < -0.4 is 11.3 Å². The second-order valence-electron chi connectivity index (χ2n) is 2.56. The average molecular weight is 166 g/mol. The molecule has 4 nitrogen and oxygen atoms in total. The SMILES string of the molecule is CC(=O)C(N)c1cccc(=O)[nH]1. The summed E-state index contributed by atoms with van der Waals surface area (Å²) in [4.78, 5) is 24.1. The Morgan fingerprint density at radius 2 is 2.25 bits per heavy atom. The van der Waals surface area contributed by atoms with Gasteiger partial charge in [-0.15, -0.1) is 0 Å². The van der Waals surface area contributed by atoms with E-state index >= 15 is 0 Å². The molecule has 1 atom stereocenters. The first-order valence-corrected chi connectivity index (χ1v) is 3.56. The van der Waals surface area contributed by atoms with Crippen molar-refractivity contribution in [2.75, 3.05) is 0 Å². The van der Waals surface area contributed by atoms with E-state index < -0.39 is 6.04 Å². The van der Waals surface area contributed by atoms with Gasteiger partial charge in [-0.3, -0.25) is 9.59 Å². The second-order valence-corrected chi connectivity index (χ2v) is 2.56. The molecule has 1 heterocycles. The third kappa shape index (κ3) is 1.79. The fourth-order valence-electron chi connectivity index (χ4n) is 0.865. The van der Waals surface area contributed by atoms with Crippen LogP contribution in [0.4, 0.5) is 0 Å². The maximum Gasteiger partial charge on any atom is 0.248 e. The van der Waals surface area contributed by atoms with Gasteiger partial charge in [-0.2, -0.15) is 0 Å². The Balaban J connectivity index is 3.03. The molecule has 3 N–H and O–H groups in total. The van der Waals surface area contributed by atoms with Crippen molar-refractivity contribution in [2.24, 2.45) is 5.73 Å². The van der Waals surface area contributed by atoms with E-state index in [0.29, 0.717) is 5.69 Å².